The molecule has 0 atom stereocenters. The van der Waals surface area contributed by atoms with E-state index in [1.165, 1.54) is 11.1 Å². The lowest BCUT2D eigenvalue weighted by molar-refractivity contribution is 1.30. The second-order valence-corrected chi connectivity index (χ2v) is 2.77. The van der Waals surface area contributed by atoms with Gasteiger partial charge in [0.1, 0.15) is 0 Å². The third-order valence-electron chi connectivity index (χ3n) is 1.95. The molecule has 0 radical (unpaired) electrons. The number of rotatable bonds is 1. The number of benzene rings is 1. The summed E-state index contributed by atoms with van der Waals surface area (Å²) in [5.74, 6) is 0. The van der Waals surface area contributed by atoms with E-state index in [2.05, 4.69) is 26.5 Å². The van der Waals surface area contributed by atoms with Gasteiger partial charge in [-0.1, -0.05) is 38.6 Å². The topological polar surface area (TPSA) is 26.0 Å². The fourth-order valence-electron chi connectivity index (χ4n) is 1.10. The Morgan fingerprint density at radius 2 is 1.77 bits per heavy atom. The van der Waals surface area contributed by atoms with Crippen LogP contribution < -0.4 is 5.73 Å². The molecule has 1 nitrogen and oxygen atoms in total. The third kappa shape index (κ3) is 2.94. The van der Waals surface area contributed by atoms with Gasteiger partial charge in [0.05, 0.1) is 0 Å². The first-order valence-corrected chi connectivity index (χ1v) is 4.64. The summed E-state index contributed by atoms with van der Waals surface area (Å²) in [7, 11) is 0. The van der Waals surface area contributed by atoms with Crippen LogP contribution in [0.15, 0.2) is 24.8 Å². The van der Waals surface area contributed by atoms with Gasteiger partial charge in [0, 0.05) is 5.70 Å². The van der Waals surface area contributed by atoms with Gasteiger partial charge in [-0.05, 0) is 30.5 Å². The van der Waals surface area contributed by atoms with Crippen LogP contribution in [0.3, 0.4) is 0 Å². The fraction of sp³-hybridized carbons (Fsp3) is 0.333. The van der Waals surface area contributed by atoms with Crippen LogP contribution in [-0.2, 0) is 0 Å². The van der Waals surface area contributed by atoms with Gasteiger partial charge in [-0.3, -0.25) is 0 Å². The molecule has 0 spiro atoms. The monoisotopic (exact) mass is 177 g/mol. The van der Waals surface area contributed by atoms with Crippen molar-refractivity contribution in [3.05, 3.63) is 41.5 Å². The molecule has 0 unspecified atom stereocenters. The van der Waals surface area contributed by atoms with E-state index >= 15 is 0 Å². The van der Waals surface area contributed by atoms with Gasteiger partial charge in [0.2, 0.25) is 0 Å². The van der Waals surface area contributed by atoms with Crippen LogP contribution in [0.5, 0.6) is 0 Å². The Labute approximate surface area is 81.3 Å². The van der Waals surface area contributed by atoms with Crippen LogP contribution in [0, 0.1) is 13.8 Å². The highest BCUT2D eigenvalue weighted by Crippen LogP contribution is 2.16. The third-order valence-corrected chi connectivity index (χ3v) is 1.95. The Kier molecular flexibility index (Phi) is 4.90. The van der Waals surface area contributed by atoms with E-state index in [9.17, 15) is 0 Å². The summed E-state index contributed by atoms with van der Waals surface area (Å²) in [4.78, 5) is 0. The molecule has 72 valence electrons. The van der Waals surface area contributed by atoms with Crippen LogP contribution in [0.25, 0.3) is 5.70 Å². The van der Waals surface area contributed by atoms with Gasteiger partial charge in [0.25, 0.3) is 0 Å². The van der Waals surface area contributed by atoms with Gasteiger partial charge in [0.15, 0.2) is 0 Å². The van der Waals surface area contributed by atoms with E-state index < -0.39 is 0 Å². The lowest BCUT2D eigenvalue weighted by Gasteiger charge is -2.06. The van der Waals surface area contributed by atoms with Crippen LogP contribution in [0.4, 0.5) is 0 Å². The molecule has 2 N–H and O–H groups in total. The second kappa shape index (κ2) is 5.41. The lowest BCUT2D eigenvalue weighted by Crippen LogP contribution is -1.97. The molecule has 0 fully saturated rings. The van der Waals surface area contributed by atoms with E-state index in [-0.39, 0.29) is 0 Å². The minimum absolute atomic E-state index is 0.645. The Hall–Kier alpha value is -1.24. The molecule has 13 heavy (non-hydrogen) atoms. The Morgan fingerprint density at radius 3 is 2.15 bits per heavy atom. The summed E-state index contributed by atoms with van der Waals surface area (Å²) in [6, 6.07) is 6.06. The summed E-state index contributed by atoms with van der Waals surface area (Å²) < 4.78 is 0. The molecule has 0 saturated heterocycles. The van der Waals surface area contributed by atoms with Crippen LogP contribution in [-0.4, -0.2) is 0 Å². The summed E-state index contributed by atoms with van der Waals surface area (Å²) in [5, 5.41) is 0. The fourth-order valence-corrected chi connectivity index (χ4v) is 1.10. The van der Waals surface area contributed by atoms with Crippen molar-refractivity contribution in [1.82, 2.24) is 0 Å². The molecular weight excluding hydrogens is 158 g/mol. The van der Waals surface area contributed by atoms with Crippen molar-refractivity contribution < 1.29 is 0 Å². The van der Waals surface area contributed by atoms with E-state index in [4.69, 9.17) is 5.73 Å². The van der Waals surface area contributed by atoms with E-state index in [0.717, 1.165) is 5.56 Å². The molecule has 1 rings (SSSR count). The average Bonchev–Trinajstić information content (AvgIpc) is 2.13. The van der Waals surface area contributed by atoms with Crippen LogP contribution in [0.1, 0.15) is 30.5 Å². The molecule has 0 aliphatic heterocycles. The Bertz CT molecular complexity index is 287. The summed E-state index contributed by atoms with van der Waals surface area (Å²) >= 11 is 0. The highest BCUT2D eigenvalue weighted by Gasteiger charge is 1.99. The number of hydrogen-bond acceptors (Lipinski definition) is 1. The summed E-state index contributed by atoms with van der Waals surface area (Å²) in [6.45, 7) is 11.8. The van der Waals surface area contributed by atoms with E-state index in [1.807, 2.05) is 26.0 Å². The highest BCUT2D eigenvalue weighted by molar-refractivity contribution is 5.64. The van der Waals surface area contributed by atoms with Crippen molar-refractivity contribution >= 4 is 5.70 Å². The van der Waals surface area contributed by atoms with Crippen LogP contribution in [0.2, 0.25) is 0 Å². The smallest absolute Gasteiger partial charge is 0.0317 e. The first-order chi connectivity index (χ1) is 6.13. The predicted octanol–water partition coefficient (Wildman–Crippen LogP) is 3.26. The second-order valence-electron chi connectivity index (χ2n) is 2.77. The molecule has 0 saturated carbocycles. The zero-order valence-corrected chi connectivity index (χ0v) is 9.02. The quantitative estimate of drug-likeness (QED) is 0.700. The molecule has 1 aromatic carbocycles. The first kappa shape index (κ1) is 11.8. The van der Waals surface area contributed by atoms with Gasteiger partial charge in [-0.25, -0.2) is 0 Å². The van der Waals surface area contributed by atoms with Gasteiger partial charge >= 0.3 is 0 Å². The first-order valence-electron chi connectivity index (χ1n) is 4.64. The Morgan fingerprint density at radius 1 is 1.23 bits per heavy atom. The maximum absolute atomic E-state index is 5.59. The van der Waals surface area contributed by atoms with Crippen LogP contribution >= 0.6 is 0 Å². The average molecular weight is 177 g/mol. The lowest BCUT2D eigenvalue weighted by atomic mass is 10.0. The Balaban J connectivity index is 0.000000671. The largest absolute Gasteiger partial charge is 0.399 e. The standard InChI is InChI=1S/C10H13N.C2H6/c1-7-5-4-6-10(8(7)2)9(3)11;1-2/h4-6H,3,11H2,1-2H3;1-2H3. The van der Waals surface area contributed by atoms with Crippen molar-refractivity contribution in [2.45, 2.75) is 27.7 Å². The normalized spacial score (nSPS) is 8.62. The number of nitrogens with two attached hydrogens (primary N) is 1. The molecule has 0 aliphatic carbocycles. The maximum Gasteiger partial charge on any atom is 0.0317 e. The number of aryl methyl sites for hydroxylation is 1. The van der Waals surface area contributed by atoms with Crippen molar-refractivity contribution in [3.63, 3.8) is 0 Å². The van der Waals surface area contributed by atoms with Crippen molar-refractivity contribution in [2.75, 3.05) is 0 Å². The maximum atomic E-state index is 5.59. The van der Waals surface area contributed by atoms with Crippen molar-refractivity contribution in [2.24, 2.45) is 5.73 Å². The molecule has 0 aliphatic rings. The van der Waals surface area contributed by atoms with Crippen molar-refractivity contribution in [3.8, 4) is 0 Å². The molecule has 0 heterocycles. The predicted molar refractivity (Wildman–Crippen MR) is 60.5 cm³/mol. The van der Waals surface area contributed by atoms with Gasteiger partial charge in [-0.15, -0.1) is 0 Å². The zero-order chi connectivity index (χ0) is 10.4. The molecule has 1 heteroatoms. The minimum atomic E-state index is 0.645. The van der Waals surface area contributed by atoms with Gasteiger partial charge < -0.3 is 5.73 Å². The summed E-state index contributed by atoms with van der Waals surface area (Å²) in [5.41, 5.74) is 9.77. The SMILES string of the molecule is C=C(N)c1cccc(C)c1C.CC. The summed E-state index contributed by atoms with van der Waals surface area (Å²) in [6.07, 6.45) is 0. The van der Waals surface area contributed by atoms with E-state index in [0.29, 0.717) is 5.70 Å². The number of hydrogen-bond donors (Lipinski definition) is 1. The molecular formula is C12H19N. The molecule has 1 aromatic rings. The van der Waals surface area contributed by atoms with E-state index in [1.54, 1.807) is 0 Å². The van der Waals surface area contributed by atoms with Gasteiger partial charge in [-0.2, -0.15) is 0 Å². The molecule has 0 aromatic heterocycles. The zero-order valence-electron chi connectivity index (χ0n) is 9.02. The minimum Gasteiger partial charge on any atom is -0.399 e. The van der Waals surface area contributed by atoms with Crippen molar-refractivity contribution in [1.29, 1.82) is 0 Å². The molecule has 0 amide bonds. The molecule has 0 bridgehead atoms. The highest BCUT2D eigenvalue weighted by atomic mass is 14.6.